The van der Waals surface area contributed by atoms with Crippen LogP contribution in [0, 0.1) is 0 Å². The average Bonchev–Trinajstić information content (AvgIpc) is 2.30. The highest BCUT2D eigenvalue weighted by molar-refractivity contribution is 9.10. The molecule has 0 spiro atoms. The highest BCUT2D eigenvalue weighted by atomic mass is 79.9. The third kappa shape index (κ3) is 3.05. The van der Waals surface area contributed by atoms with Crippen LogP contribution in [0.25, 0.3) is 0 Å². The highest BCUT2D eigenvalue weighted by Gasteiger charge is 2.30. The van der Waals surface area contributed by atoms with Gasteiger partial charge in [-0.25, -0.2) is 0 Å². The van der Waals surface area contributed by atoms with Crippen LogP contribution in [0.4, 0.5) is 0 Å². The van der Waals surface area contributed by atoms with E-state index in [1.807, 2.05) is 12.1 Å². The minimum Gasteiger partial charge on any atom is -0.508 e. The lowest BCUT2D eigenvalue weighted by Gasteiger charge is -2.41. The Labute approximate surface area is 117 Å². The summed E-state index contributed by atoms with van der Waals surface area (Å²) in [4.78, 5) is 2.35. The average molecular weight is 314 g/mol. The van der Waals surface area contributed by atoms with Gasteiger partial charge in [0.25, 0.3) is 0 Å². The minimum atomic E-state index is -0.117. The van der Waals surface area contributed by atoms with Crippen molar-refractivity contribution in [1.29, 1.82) is 0 Å². The van der Waals surface area contributed by atoms with Gasteiger partial charge in [0.15, 0.2) is 0 Å². The number of hydrogen-bond donors (Lipinski definition) is 1. The fourth-order valence-electron chi connectivity index (χ4n) is 2.44. The summed E-state index contributed by atoms with van der Waals surface area (Å²) in [5, 5.41) is 9.99. The number of morpholine rings is 1. The first-order chi connectivity index (χ1) is 8.39. The van der Waals surface area contributed by atoms with E-state index in [1.54, 1.807) is 6.07 Å². The molecule has 1 aromatic carbocycles. The molecule has 0 bridgehead atoms. The molecule has 2 rings (SSSR count). The molecule has 0 radical (unpaired) electrons. The van der Waals surface area contributed by atoms with Crippen LogP contribution in [0.2, 0.25) is 0 Å². The second kappa shape index (κ2) is 5.19. The predicted molar refractivity (Wildman–Crippen MR) is 75.8 cm³/mol. The molecule has 3 nitrogen and oxygen atoms in total. The zero-order valence-corrected chi connectivity index (χ0v) is 12.7. The number of hydrogen-bond acceptors (Lipinski definition) is 3. The Bertz CT molecular complexity index is 434. The Morgan fingerprint density at radius 3 is 2.83 bits per heavy atom. The summed E-state index contributed by atoms with van der Waals surface area (Å²) in [5.41, 5.74) is 0.843. The molecular formula is C14H20BrNO2. The van der Waals surface area contributed by atoms with Crippen molar-refractivity contribution in [1.82, 2.24) is 4.90 Å². The Morgan fingerprint density at radius 2 is 2.17 bits per heavy atom. The number of aromatic hydroxyl groups is 1. The molecule has 1 N–H and O–H groups in total. The van der Waals surface area contributed by atoms with Gasteiger partial charge >= 0.3 is 0 Å². The second-order valence-corrected chi connectivity index (χ2v) is 6.37. The van der Waals surface area contributed by atoms with Crippen LogP contribution in [0.3, 0.4) is 0 Å². The van der Waals surface area contributed by atoms with Gasteiger partial charge < -0.3 is 9.84 Å². The first-order valence-electron chi connectivity index (χ1n) is 6.25. The number of nitrogens with zero attached hydrogens (tertiary/aromatic N) is 1. The third-order valence-electron chi connectivity index (χ3n) is 3.44. The second-order valence-electron chi connectivity index (χ2n) is 5.46. The molecule has 1 atom stereocenters. The molecule has 0 saturated carbocycles. The van der Waals surface area contributed by atoms with E-state index >= 15 is 0 Å². The maximum Gasteiger partial charge on any atom is 0.120 e. The summed E-state index contributed by atoms with van der Waals surface area (Å²) < 4.78 is 6.72. The third-order valence-corrected chi connectivity index (χ3v) is 3.94. The van der Waals surface area contributed by atoms with Gasteiger partial charge in [-0.3, -0.25) is 4.90 Å². The summed E-state index contributed by atoms with van der Waals surface area (Å²) in [5.74, 6) is 0.356. The molecule has 1 heterocycles. The van der Waals surface area contributed by atoms with E-state index < -0.39 is 0 Å². The molecule has 18 heavy (non-hydrogen) atoms. The van der Waals surface area contributed by atoms with E-state index in [0.29, 0.717) is 5.75 Å². The van der Waals surface area contributed by atoms with Crippen LogP contribution >= 0.6 is 15.9 Å². The molecule has 1 aliphatic heterocycles. The molecule has 0 aromatic heterocycles. The fraction of sp³-hybridized carbons (Fsp3) is 0.571. The first-order valence-corrected chi connectivity index (χ1v) is 7.05. The van der Waals surface area contributed by atoms with E-state index in [0.717, 1.165) is 29.7 Å². The van der Waals surface area contributed by atoms with Crippen molar-refractivity contribution in [2.75, 3.05) is 19.7 Å². The topological polar surface area (TPSA) is 32.7 Å². The van der Waals surface area contributed by atoms with Gasteiger partial charge in [0.2, 0.25) is 0 Å². The molecule has 1 aromatic rings. The van der Waals surface area contributed by atoms with Crippen molar-refractivity contribution in [2.24, 2.45) is 0 Å². The van der Waals surface area contributed by atoms with Gasteiger partial charge in [0, 0.05) is 29.2 Å². The quantitative estimate of drug-likeness (QED) is 0.909. The van der Waals surface area contributed by atoms with Crippen molar-refractivity contribution in [2.45, 2.75) is 32.4 Å². The number of phenolic OH excluding ortho intramolecular Hbond substituents is 1. The molecule has 1 unspecified atom stereocenters. The van der Waals surface area contributed by atoms with Crippen LogP contribution in [-0.2, 0) is 4.74 Å². The van der Waals surface area contributed by atoms with Crippen LogP contribution in [-0.4, -0.2) is 35.3 Å². The highest BCUT2D eigenvalue weighted by Crippen LogP contribution is 2.33. The van der Waals surface area contributed by atoms with E-state index in [-0.39, 0.29) is 11.6 Å². The molecule has 4 heteroatoms. The van der Waals surface area contributed by atoms with E-state index in [2.05, 4.69) is 41.6 Å². The molecule has 1 fully saturated rings. The van der Waals surface area contributed by atoms with Crippen molar-refractivity contribution >= 4 is 15.9 Å². The van der Waals surface area contributed by atoms with E-state index in [4.69, 9.17) is 4.74 Å². The summed E-state index contributed by atoms with van der Waals surface area (Å²) in [6.07, 6.45) is 0. The molecular weight excluding hydrogens is 294 g/mol. The zero-order chi connectivity index (χ0) is 13.3. The maximum atomic E-state index is 9.99. The Morgan fingerprint density at radius 1 is 1.44 bits per heavy atom. The Balaban J connectivity index is 2.20. The summed E-state index contributed by atoms with van der Waals surface area (Å²) in [6.45, 7) is 8.85. The summed E-state index contributed by atoms with van der Waals surface area (Å²) >= 11 is 3.46. The Kier molecular flexibility index (Phi) is 3.99. The van der Waals surface area contributed by atoms with Gasteiger partial charge in [0.1, 0.15) is 5.75 Å². The van der Waals surface area contributed by atoms with Crippen molar-refractivity contribution in [3.63, 3.8) is 0 Å². The predicted octanol–water partition coefficient (Wildman–Crippen LogP) is 3.33. The van der Waals surface area contributed by atoms with Crippen LogP contribution in [0.15, 0.2) is 22.7 Å². The SMILES string of the molecule is CC(c1cc(Br)ccc1O)N1CCOC(C)(C)C1. The van der Waals surface area contributed by atoms with Crippen molar-refractivity contribution in [3.05, 3.63) is 28.2 Å². The van der Waals surface area contributed by atoms with E-state index in [9.17, 15) is 5.11 Å². The monoisotopic (exact) mass is 313 g/mol. The number of benzene rings is 1. The lowest BCUT2D eigenvalue weighted by molar-refractivity contribution is -0.0960. The summed E-state index contributed by atoms with van der Waals surface area (Å²) in [6, 6.07) is 5.77. The van der Waals surface area contributed by atoms with Gasteiger partial charge in [0.05, 0.1) is 12.2 Å². The standard InChI is InChI=1S/C14H20BrNO2/c1-10(12-8-11(15)4-5-13(12)17)16-6-7-18-14(2,3)9-16/h4-5,8,10,17H,6-7,9H2,1-3H3. The van der Waals surface area contributed by atoms with Crippen molar-refractivity contribution < 1.29 is 9.84 Å². The number of ether oxygens (including phenoxy) is 1. The van der Waals surface area contributed by atoms with Gasteiger partial charge in [-0.05, 0) is 39.0 Å². The van der Waals surface area contributed by atoms with Crippen LogP contribution in [0.5, 0.6) is 5.75 Å². The van der Waals surface area contributed by atoms with Gasteiger partial charge in [-0.15, -0.1) is 0 Å². The minimum absolute atomic E-state index is 0.117. The van der Waals surface area contributed by atoms with Crippen LogP contribution < -0.4 is 0 Å². The molecule has 100 valence electrons. The number of phenols is 1. The largest absolute Gasteiger partial charge is 0.508 e. The fourth-order valence-corrected chi connectivity index (χ4v) is 2.82. The molecule has 1 aliphatic rings. The first kappa shape index (κ1) is 13.8. The smallest absolute Gasteiger partial charge is 0.120 e. The number of halogens is 1. The van der Waals surface area contributed by atoms with E-state index in [1.165, 1.54) is 0 Å². The number of rotatable bonds is 2. The zero-order valence-electron chi connectivity index (χ0n) is 11.1. The van der Waals surface area contributed by atoms with Crippen LogP contribution in [0.1, 0.15) is 32.4 Å². The Hall–Kier alpha value is -0.580. The summed E-state index contributed by atoms with van der Waals surface area (Å²) in [7, 11) is 0. The molecule has 0 amide bonds. The van der Waals surface area contributed by atoms with Crippen molar-refractivity contribution in [3.8, 4) is 5.75 Å². The molecule has 1 saturated heterocycles. The lowest BCUT2D eigenvalue weighted by atomic mass is 10.0. The van der Waals surface area contributed by atoms with Gasteiger partial charge in [-0.2, -0.15) is 0 Å². The lowest BCUT2D eigenvalue weighted by Crippen LogP contribution is -2.48. The molecule has 0 aliphatic carbocycles. The normalized spacial score (nSPS) is 21.8. The van der Waals surface area contributed by atoms with Gasteiger partial charge in [-0.1, -0.05) is 15.9 Å². The maximum absolute atomic E-state index is 9.99.